The molecular formula is C7H12N2. The van der Waals surface area contributed by atoms with Gasteiger partial charge in [0.05, 0.1) is 6.20 Å². The van der Waals surface area contributed by atoms with Gasteiger partial charge in [-0.25, -0.2) is 0 Å². The van der Waals surface area contributed by atoms with Crippen LogP contribution in [0.5, 0.6) is 0 Å². The van der Waals surface area contributed by atoms with Crippen molar-refractivity contribution in [3.05, 3.63) is 18.0 Å². The van der Waals surface area contributed by atoms with Crippen LogP contribution in [0.1, 0.15) is 25.3 Å². The van der Waals surface area contributed by atoms with Gasteiger partial charge in [0.25, 0.3) is 0 Å². The molecule has 0 atom stereocenters. The minimum Gasteiger partial charge on any atom is -0.276 e. The van der Waals surface area contributed by atoms with Crippen LogP contribution in [-0.2, 0) is 7.05 Å². The smallest absolute Gasteiger partial charge is 0.0524 e. The Bertz CT molecular complexity index is 189. The first-order chi connectivity index (χ1) is 4.20. The van der Waals surface area contributed by atoms with Gasteiger partial charge >= 0.3 is 0 Å². The predicted octanol–water partition coefficient (Wildman–Crippen LogP) is 1.54. The Morgan fingerprint density at radius 1 is 1.56 bits per heavy atom. The second-order valence-electron chi connectivity index (χ2n) is 2.60. The van der Waals surface area contributed by atoms with Crippen molar-refractivity contribution in [3.8, 4) is 0 Å². The monoisotopic (exact) mass is 124 g/mol. The van der Waals surface area contributed by atoms with Crippen molar-refractivity contribution in [2.45, 2.75) is 19.8 Å². The number of hydrogen-bond donors (Lipinski definition) is 0. The van der Waals surface area contributed by atoms with E-state index in [1.54, 1.807) is 0 Å². The fourth-order valence-electron chi connectivity index (χ4n) is 0.738. The van der Waals surface area contributed by atoms with E-state index in [-0.39, 0.29) is 0 Å². The van der Waals surface area contributed by atoms with Gasteiger partial charge in [0, 0.05) is 13.2 Å². The van der Waals surface area contributed by atoms with Crippen LogP contribution in [0.2, 0.25) is 0 Å². The molecule has 1 heterocycles. The average Bonchev–Trinajstić information content (AvgIpc) is 2.14. The first-order valence-corrected chi connectivity index (χ1v) is 3.18. The molecule has 0 aromatic carbocycles. The maximum atomic E-state index is 4.05. The van der Waals surface area contributed by atoms with Crippen LogP contribution < -0.4 is 0 Å². The summed E-state index contributed by atoms with van der Waals surface area (Å²) in [5, 5.41) is 4.05. The lowest BCUT2D eigenvalue weighted by Gasteiger charge is -1.95. The third-order valence-corrected chi connectivity index (χ3v) is 1.39. The minimum absolute atomic E-state index is 0.596. The molecule has 0 aliphatic rings. The van der Waals surface area contributed by atoms with Gasteiger partial charge in [-0.15, -0.1) is 0 Å². The highest BCUT2D eigenvalue weighted by Crippen LogP contribution is 2.10. The van der Waals surface area contributed by atoms with Crippen molar-refractivity contribution < 1.29 is 0 Å². The standard InChI is InChI=1S/C7H12N2/c1-6(2)7-4-8-9(3)5-7/h4-6H,1-3H3. The third-order valence-electron chi connectivity index (χ3n) is 1.39. The molecule has 0 radical (unpaired) electrons. The predicted molar refractivity (Wildman–Crippen MR) is 37.3 cm³/mol. The van der Waals surface area contributed by atoms with E-state index in [0.29, 0.717) is 5.92 Å². The van der Waals surface area contributed by atoms with Crippen molar-refractivity contribution in [1.29, 1.82) is 0 Å². The molecule has 1 aromatic rings. The quantitative estimate of drug-likeness (QED) is 0.555. The van der Waals surface area contributed by atoms with E-state index < -0.39 is 0 Å². The molecule has 0 aliphatic heterocycles. The van der Waals surface area contributed by atoms with E-state index in [9.17, 15) is 0 Å². The SMILES string of the molecule is CC(C)c1cnn(C)c1. The summed E-state index contributed by atoms with van der Waals surface area (Å²) in [7, 11) is 1.94. The van der Waals surface area contributed by atoms with Crippen molar-refractivity contribution in [2.75, 3.05) is 0 Å². The molecule has 2 nitrogen and oxygen atoms in total. The molecule has 0 saturated carbocycles. The molecule has 0 bridgehead atoms. The first-order valence-electron chi connectivity index (χ1n) is 3.18. The van der Waals surface area contributed by atoms with E-state index in [2.05, 4.69) is 18.9 Å². The molecule has 0 N–H and O–H groups in total. The van der Waals surface area contributed by atoms with Gasteiger partial charge in [0.2, 0.25) is 0 Å². The van der Waals surface area contributed by atoms with Gasteiger partial charge < -0.3 is 0 Å². The Labute approximate surface area is 55.5 Å². The molecule has 9 heavy (non-hydrogen) atoms. The average molecular weight is 124 g/mol. The number of aromatic nitrogens is 2. The van der Waals surface area contributed by atoms with E-state index in [1.165, 1.54) is 5.56 Å². The Morgan fingerprint density at radius 2 is 2.22 bits per heavy atom. The highest BCUT2D eigenvalue weighted by Gasteiger charge is 1.98. The Kier molecular flexibility index (Phi) is 1.56. The molecule has 0 aliphatic carbocycles. The second kappa shape index (κ2) is 2.21. The van der Waals surface area contributed by atoms with Crippen LogP contribution in [0.4, 0.5) is 0 Å². The van der Waals surface area contributed by atoms with Crippen LogP contribution >= 0.6 is 0 Å². The number of hydrogen-bond acceptors (Lipinski definition) is 1. The fraction of sp³-hybridized carbons (Fsp3) is 0.571. The van der Waals surface area contributed by atoms with E-state index in [0.717, 1.165) is 0 Å². The maximum Gasteiger partial charge on any atom is 0.0524 e. The van der Waals surface area contributed by atoms with Crippen LogP contribution in [0.15, 0.2) is 12.4 Å². The molecular weight excluding hydrogens is 112 g/mol. The lowest BCUT2D eigenvalue weighted by molar-refractivity contribution is 0.764. The molecule has 1 rings (SSSR count). The summed E-state index contributed by atoms with van der Waals surface area (Å²) in [6, 6.07) is 0. The van der Waals surface area contributed by atoms with Crippen LogP contribution in [0.3, 0.4) is 0 Å². The largest absolute Gasteiger partial charge is 0.276 e. The maximum absolute atomic E-state index is 4.05. The molecule has 0 unspecified atom stereocenters. The summed E-state index contributed by atoms with van der Waals surface area (Å²) in [6.45, 7) is 4.33. The van der Waals surface area contributed by atoms with Gasteiger partial charge in [-0.1, -0.05) is 13.8 Å². The molecule has 1 aromatic heterocycles. The zero-order valence-corrected chi connectivity index (χ0v) is 6.13. The first kappa shape index (κ1) is 6.33. The van der Waals surface area contributed by atoms with Crippen LogP contribution in [0.25, 0.3) is 0 Å². The molecule has 0 saturated heterocycles. The highest BCUT2D eigenvalue weighted by molar-refractivity contribution is 5.08. The van der Waals surface area contributed by atoms with Crippen molar-refractivity contribution in [3.63, 3.8) is 0 Å². The van der Waals surface area contributed by atoms with Gasteiger partial charge in [-0.2, -0.15) is 5.10 Å². The molecule has 50 valence electrons. The van der Waals surface area contributed by atoms with Crippen LogP contribution in [0, 0.1) is 0 Å². The van der Waals surface area contributed by atoms with Gasteiger partial charge in [-0.05, 0) is 11.5 Å². The minimum atomic E-state index is 0.596. The Morgan fingerprint density at radius 3 is 2.44 bits per heavy atom. The normalized spacial score (nSPS) is 10.7. The summed E-state index contributed by atoms with van der Waals surface area (Å²) >= 11 is 0. The Balaban J connectivity index is 2.85. The van der Waals surface area contributed by atoms with Gasteiger partial charge in [0.15, 0.2) is 0 Å². The van der Waals surface area contributed by atoms with E-state index in [4.69, 9.17) is 0 Å². The van der Waals surface area contributed by atoms with Crippen molar-refractivity contribution in [1.82, 2.24) is 9.78 Å². The molecule has 0 fully saturated rings. The topological polar surface area (TPSA) is 17.8 Å². The van der Waals surface area contributed by atoms with E-state index >= 15 is 0 Å². The number of aryl methyl sites for hydroxylation is 1. The van der Waals surface area contributed by atoms with Gasteiger partial charge in [-0.3, -0.25) is 4.68 Å². The Hall–Kier alpha value is -0.790. The highest BCUT2D eigenvalue weighted by atomic mass is 15.2. The number of nitrogens with zero attached hydrogens (tertiary/aromatic N) is 2. The van der Waals surface area contributed by atoms with Crippen molar-refractivity contribution in [2.24, 2.45) is 7.05 Å². The third kappa shape index (κ3) is 1.31. The lowest BCUT2D eigenvalue weighted by atomic mass is 10.1. The fourth-order valence-corrected chi connectivity index (χ4v) is 0.738. The molecule has 2 heteroatoms. The summed E-state index contributed by atoms with van der Waals surface area (Å²) in [5.41, 5.74) is 1.30. The summed E-state index contributed by atoms with van der Waals surface area (Å²) in [4.78, 5) is 0. The summed E-state index contributed by atoms with van der Waals surface area (Å²) < 4.78 is 1.83. The zero-order chi connectivity index (χ0) is 6.85. The number of rotatable bonds is 1. The summed E-state index contributed by atoms with van der Waals surface area (Å²) in [6.07, 6.45) is 3.95. The second-order valence-corrected chi connectivity index (χ2v) is 2.60. The van der Waals surface area contributed by atoms with Crippen molar-refractivity contribution >= 4 is 0 Å². The zero-order valence-electron chi connectivity index (χ0n) is 6.13. The van der Waals surface area contributed by atoms with E-state index in [1.807, 2.05) is 24.1 Å². The van der Waals surface area contributed by atoms with Crippen LogP contribution in [-0.4, -0.2) is 9.78 Å². The molecule has 0 spiro atoms. The lowest BCUT2D eigenvalue weighted by Crippen LogP contribution is -1.85. The van der Waals surface area contributed by atoms with Gasteiger partial charge in [0.1, 0.15) is 0 Å². The molecule has 0 amide bonds. The summed E-state index contributed by atoms with van der Waals surface area (Å²) in [5.74, 6) is 0.596.